The van der Waals surface area contributed by atoms with Gasteiger partial charge in [0, 0.05) is 0 Å². The SMILES string of the molecule is O=C(NNc1ccccc1)[C@@H](O)[C@@H](O)[C@H](O)[C@H](O)C(=O)NNc1ccccc1. The molecule has 0 spiro atoms. The Balaban J connectivity index is 1.83. The van der Waals surface area contributed by atoms with Crippen LogP contribution in [0.5, 0.6) is 0 Å². The van der Waals surface area contributed by atoms with Gasteiger partial charge in [0.1, 0.15) is 12.2 Å². The van der Waals surface area contributed by atoms with E-state index in [0.29, 0.717) is 11.4 Å². The van der Waals surface area contributed by atoms with E-state index in [4.69, 9.17) is 0 Å². The summed E-state index contributed by atoms with van der Waals surface area (Å²) in [5, 5.41) is 39.5. The van der Waals surface area contributed by atoms with Crippen LogP contribution in [0.3, 0.4) is 0 Å². The summed E-state index contributed by atoms with van der Waals surface area (Å²) in [6.07, 6.45) is -8.43. The van der Waals surface area contributed by atoms with Crippen LogP contribution >= 0.6 is 0 Å². The molecule has 0 aliphatic carbocycles. The van der Waals surface area contributed by atoms with Gasteiger partial charge in [0.25, 0.3) is 11.8 Å². The molecule has 0 aliphatic rings. The third kappa shape index (κ3) is 5.93. The van der Waals surface area contributed by atoms with E-state index in [1.807, 2.05) is 0 Å². The largest absolute Gasteiger partial charge is 0.387 e. The molecule has 0 saturated carbocycles. The summed E-state index contributed by atoms with van der Waals surface area (Å²) in [7, 11) is 0. The van der Waals surface area contributed by atoms with Crippen molar-refractivity contribution in [3.8, 4) is 0 Å². The molecule has 2 amide bonds. The summed E-state index contributed by atoms with van der Waals surface area (Å²) >= 11 is 0. The van der Waals surface area contributed by atoms with Crippen LogP contribution in [-0.4, -0.2) is 56.7 Å². The highest BCUT2D eigenvalue weighted by Crippen LogP contribution is 2.08. The van der Waals surface area contributed by atoms with Crippen LogP contribution in [0.2, 0.25) is 0 Å². The Morgan fingerprint density at radius 3 is 1.25 bits per heavy atom. The Morgan fingerprint density at radius 2 is 0.929 bits per heavy atom. The van der Waals surface area contributed by atoms with Gasteiger partial charge in [0.15, 0.2) is 12.2 Å². The Hall–Kier alpha value is -3.18. The van der Waals surface area contributed by atoms with Crippen LogP contribution in [0.1, 0.15) is 0 Å². The standard InChI is InChI=1S/C18H22N4O6/c23-13(15(25)17(27)21-19-11-7-3-1-4-8-11)14(24)16(26)18(28)22-20-12-9-5-2-6-10-12/h1-10,13-16,19-20,23-26H,(H,21,27)(H,22,28)/t13-,14-,15-,16-/m0/s1. The van der Waals surface area contributed by atoms with Gasteiger partial charge in [-0.1, -0.05) is 36.4 Å². The molecule has 10 heteroatoms. The molecule has 2 aromatic rings. The number of aliphatic hydroxyl groups excluding tert-OH is 4. The van der Waals surface area contributed by atoms with Gasteiger partial charge in [-0.2, -0.15) is 0 Å². The molecule has 4 atom stereocenters. The van der Waals surface area contributed by atoms with E-state index in [-0.39, 0.29) is 0 Å². The maximum absolute atomic E-state index is 11.9. The molecule has 150 valence electrons. The first kappa shape index (κ1) is 21.1. The Labute approximate surface area is 160 Å². The summed E-state index contributed by atoms with van der Waals surface area (Å²) in [5.41, 5.74) is 10.3. The monoisotopic (exact) mass is 390 g/mol. The lowest BCUT2D eigenvalue weighted by atomic mass is 10.0. The second-order valence-corrected chi connectivity index (χ2v) is 5.83. The molecule has 0 bridgehead atoms. The summed E-state index contributed by atoms with van der Waals surface area (Å²) in [6, 6.07) is 16.9. The molecular weight excluding hydrogens is 368 g/mol. The van der Waals surface area contributed by atoms with Crippen molar-refractivity contribution in [3.05, 3.63) is 60.7 Å². The number of hydrazine groups is 2. The van der Waals surface area contributed by atoms with Crippen molar-refractivity contribution in [3.63, 3.8) is 0 Å². The molecule has 28 heavy (non-hydrogen) atoms. The highest BCUT2D eigenvalue weighted by molar-refractivity contribution is 5.84. The molecule has 0 heterocycles. The van der Waals surface area contributed by atoms with Gasteiger partial charge in [-0.3, -0.25) is 31.3 Å². The second kappa shape index (κ2) is 10.2. The van der Waals surface area contributed by atoms with Crippen LogP contribution in [0, 0.1) is 0 Å². The van der Waals surface area contributed by atoms with Gasteiger partial charge in [-0.05, 0) is 24.3 Å². The molecule has 0 radical (unpaired) electrons. The van der Waals surface area contributed by atoms with Crippen molar-refractivity contribution in [1.82, 2.24) is 10.9 Å². The fourth-order valence-corrected chi connectivity index (χ4v) is 2.14. The van der Waals surface area contributed by atoms with Crippen molar-refractivity contribution in [2.24, 2.45) is 0 Å². The van der Waals surface area contributed by atoms with Gasteiger partial charge in [-0.15, -0.1) is 0 Å². The fraction of sp³-hybridized carbons (Fsp3) is 0.222. The second-order valence-electron chi connectivity index (χ2n) is 5.83. The molecule has 0 fully saturated rings. The molecule has 2 aromatic carbocycles. The molecule has 8 N–H and O–H groups in total. The number of amides is 2. The molecular formula is C18H22N4O6. The average Bonchev–Trinajstić information content (AvgIpc) is 2.75. The zero-order chi connectivity index (χ0) is 20.5. The number of carbonyl (C=O) groups excluding carboxylic acids is 2. The summed E-state index contributed by atoms with van der Waals surface area (Å²) in [6.45, 7) is 0. The molecule has 0 aromatic heterocycles. The number of hydrogen-bond donors (Lipinski definition) is 8. The molecule has 10 nitrogen and oxygen atoms in total. The van der Waals surface area contributed by atoms with Crippen LogP contribution in [-0.2, 0) is 9.59 Å². The minimum Gasteiger partial charge on any atom is -0.387 e. The number of anilines is 2. The minimum absolute atomic E-state index is 0.518. The first-order valence-electron chi connectivity index (χ1n) is 8.34. The van der Waals surface area contributed by atoms with Crippen molar-refractivity contribution in [1.29, 1.82) is 0 Å². The van der Waals surface area contributed by atoms with E-state index in [9.17, 15) is 30.0 Å². The van der Waals surface area contributed by atoms with E-state index in [1.54, 1.807) is 60.7 Å². The van der Waals surface area contributed by atoms with Crippen LogP contribution < -0.4 is 21.7 Å². The van der Waals surface area contributed by atoms with E-state index >= 15 is 0 Å². The lowest BCUT2D eigenvalue weighted by Gasteiger charge is -2.25. The predicted octanol–water partition coefficient (Wildman–Crippen LogP) is -1.28. The number of hydrogen-bond acceptors (Lipinski definition) is 8. The van der Waals surface area contributed by atoms with Crippen molar-refractivity contribution in [2.45, 2.75) is 24.4 Å². The number of rotatable bonds is 9. The minimum atomic E-state index is -2.12. The molecule has 0 unspecified atom stereocenters. The topological polar surface area (TPSA) is 163 Å². The zero-order valence-electron chi connectivity index (χ0n) is 14.7. The van der Waals surface area contributed by atoms with Crippen molar-refractivity contribution >= 4 is 23.2 Å². The Morgan fingerprint density at radius 1 is 0.607 bits per heavy atom. The Bertz CT molecular complexity index is 696. The zero-order valence-corrected chi connectivity index (χ0v) is 14.7. The summed E-state index contributed by atoms with van der Waals surface area (Å²) < 4.78 is 0. The third-order valence-corrected chi connectivity index (χ3v) is 3.74. The number of benzene rings is 2. The molecule has 2 rings (SSSR count). The smallest absolute Gasteiger partial charge is 0.269 e. The number of para-hydroxylation sites is 2. The van der Waals surface area contributed by atoms with E-state index in [1.165, 1.54) is 0 Å². The molecule has 0 aliphatic heterocycles. The lowest BCUT2D eigenvalue weighted by Crippen LogP contribution is -2.55. The quantitative estimate of drug-likeness (QED) is 0.245. The van der Waals surface area contributed by atoms with Gasteiger partial charge in [0.05, 0.1) is 11.4 Å². The first-order valence-corrected chi connectivity index (χ1v) is 8.34. The van der Waals surface area contributed by atoms with Crippen molar-refractivity contribution in [2.75, 3.05) is 10.9 Å². The van der Waals surface area contributed by atoms with Crippen LogP contribution in [0.4, 0.5) is 11.4 Å². The summed E-state index contributed by atoms with van der Waals surface area (Å²) in [4.78, 5) is 23.8. The third-order valence-electron chi connectivity index (χ3n) is 3.74. The van der Waals surface area contributed by atoms with Crippen LogP contribution in [0.25, 0.3) is 0 Å². The highest BCUT2D eigenvalue weighted by Gasteiger charge is 2.37. The maximum Gasteiger partial charge on any atom is 0.269 e. The number of nitrogens with one attached hydrogen (secondary N) is 4. The van der Waals surface area contributed by atoms with Gasteiger partial charge in [0.2, 0.25) is 0 Å². The van der Waals surface area contributed by atoms with E-state index in [2.05, 4.69) is 21.7 Å². The average molecular weight is 390 g/mol. The highest BCUT2D eigenvalue weighted by atomic mass is 16.4. The predicted molar refractivity (Wildman–Crippen MR) is 100 cm³/mol. The van der Waals surface area contributed by atoms with E-state index < -0.39 is 36.2 Å². The number of aliphatic hydroxyl groups is 4. The van der Waals surface area contributed by atoms with Crippen LogP contribution in [0.15, 0.2) is 60.7 Å². The Kier molecular flexibility index (Phi) is 7.72. The summed E-state index contributed by atoms with van der Waals surface area (Å²) in [5.74, 6) is -2.13. The normalized spacial score (nSPS) is 14.9. The number of carbonyl (C=O) groups is 2. The maximum atomic E-state index is 11.9. The van der Waals surface area contributed by atoms with Gasteiger partial charge in [-0.25, -0.2) is 0 Å². The first-order chi connectivity index (χ1) is 13.4. The molecule has 0 saturated heterocycles. The fourth-order valence-electron chi connectivity index (χ4n) is 2.14. The lowest BCUT2D eigenvalue weighted by molar-refractivity contribution is -0.154. The van der Waals surface area contributed by atoms with Gasteiger partial charge < -0.3 is 20.4 Å². The van der Waals surface area contributed by atoms with E-state index in [0.717, 1.165) is 0 Å². The van der Waals surface area contributed by atoms with Crippen molar-refractivity contribution < 1.29 is 30.0 Å². The van der Waals surface area contributed by atoms with Gasteiger partial charge >= 0.3 is 0 Å².